The molecule has 2 bridgehead atoms. The SMILES string of the molecule is C[N+]1(C)C2C=C[C@@H]1CC(OC(=O)C(F)(c1ccc(F)cc1)c1ccc(F)cc1)C2.[Br-]. The molecule has 0 N–H and O–H groups in total. The van der Waals surface area contributed by atoms with Gasteiger partial charge in [0.15, 0.2) is 0 Å². The molecule has 2 unspecified atom stereocenters. The van der Waals surface area contributed by atoms with E-state index >= 15 is 4.39 Å². The number of halogens is 4. The molecule has 2 aliphatic heterocycles. The second-order valence-corrected chi connectivity index (χ2v) is 8.32. The Kier molecular flexibility index (Phi) is 6.16. The summed E-state index contributed by atoms with van der Waals surface area (Å²) in [5.41, 5.74) is -2.76. The number of carbonyl (C=O) groups excluding carboxylic acids is 1. The van der Waals surface area contributed by atoms with Crippen molar-refractivity contribution in [1.82, 2.24) is 0 Å². The summed E-state index contributed by atoms with van der Waals surface area (Å²) in [6, 6.07) is 9.62. The van der Waals surface area contributed by atoms with Gasteiger partial charge in [-0.05, 0) is 36.4 Å². The number of esters is 1. The number of fused-ring (bicyclic) bond motifs is 2. The smallest absolute Gasteiger partial charge is 0.353 e. The van der Waals surface area contributed by atoms with Crippen molar-refractivity contribution in [2.75, 3.05) is 14.1 Å². The number of hydrogen-bond donors (Lipinski definition) is 0. The van der Waals surface area contributed by atoms with Gasteiger partial charge in [0.05, 0.1) is 14.1 Å². The molecule has 2 aliphatic rings. The largest absolute Gasteiger partial charge is 1.00 e. The van der Waals surface area contributed by atoms with Crippen molar-refractivity contribution in [3.05, 3.63) is 83.4 Å². The van der Waals surface area contributed by atoms with Crippen LogP contribution in [0.2, 0.25) is 0 Å². The van der Waals surface area contributed by atoms with Crippen LogP contribution in [-0.2, 0) is 15.2 Å². The predicted octanol–water partition coefficient (Wildman–Crippen LogP) is 1.27. The molecular formula is C23H23BrF3NO2. The molecule has 2 heterocycles. The first-order valence-corrected chi connectivity index (χ1v) is 9.65. The molecule has 0 amide bonds. The van der Waals surface area contributed by atoms with E-state index in [1.54, 1.807) is 0 Å². The molecule has 4 rings (SSSR count). The molecule has 0 aromatic heterocycles. The Hall–Kier alpha value is -2.12. The van der Waals surface area contributed by atoms with Gasteiger partial charge in [0.2, 0.25) is 0 Å². The second kappa shape index (κ2) is 8.19. The van der Waals surface area contributed by atoms with E-state index in [0.29, 0.717) is 12.8 Å². The number of nitrogens with zero attached hydrogens (tertiary/aromatic N) is 1. The Morgan fingerprint density at radius 1 is 0.900 bits per heavy atom. The van der Waals surface area contributed by atoms with Crippen molar-refractivity contribution in [2.45, 2.75) is 36.7 Å². The Balaban J connectivity index is 0.00000256. The summed E-state index contributed by atoms with van der Waals surface area (Å²) in [6.45, 7) is 0. The third kappa shape index (κ3) is 3.81. The highest BCUT2D eigenvalue weighted by atomic mass is 79.9. The molecule has 1 fully saturated rings. The van der Waals surface area contributed by atoms with E-state index in [1.807, 2.05) is 0 Å². The molecule has 0 spiro atoms. The summed E-state index contributed by atoms with van der Waals surface area (Å²) in [5.74, 6) is -2.15. The van der Waals surface area contributed by atoms with Crippen molar-refractivity contribution in [3.8, 4) is 0 Å². The molecule has 0 saturated carbocycles. The third-order valence-electron chi connectivity index (χ3n) is 6.31. The first kappa shape index (κ1) is 22.6. The maximum atomic E-state index is 16.3. The Bertz CT molecular complexity index is 880. The van der Waals surface area contributed by atoms with Crippen LogP contribution in [0.5, 0.6) is 0 Å². The quantitative estimate of drug-likeness (QED) is 0.373. The van der Waals surface area contributed by atoms with E-state index < -0.39 is 29.4 Å². The van der Waals surface area contributed by atoms with Crippen LogP contribution in [0.3, 0.4) is 0 Å². The molecular weight excluding hydrogens is 459 g/mol. The fourth-order valence-electron chi connectivity index (χ4n) is 4.37. The fourth-order valence-corrected chi connectivity index (χ4v) is 4.37. The van der Waals surface area contributed by atoms with Crippen LogP contribution in [0, 0.1) is 11.6 Å². The van der Waals surface area contributed by atoms with Gasteiger partial charge in [-0.2, -0.15) is 0 Å². The van der Waals surface area contributed by atoms with E-state index in [-0.39, 0.29) is 40.2 Å². The van der Waals surface area contributed by atoms with Gasteiger partial charge in [0.1, 0.15) is 29.8 Å². The molecule has 1 saturated heterocycles. The standard InChI is InChI=1S/C23H23F3NO2.BrH/c1-27(2)19-11-12-20(27)14-21(13-19)29-22(28)23(26,15-3-7-17(24)8-4-15)16-5-9-18(25)10-6-16;/h3-12,19-21H,13-14H2,1-2H3;1H/q+1;/p-1/t19-,20?,21?;/m1./s1. The molecule has 0 radical (unpaired) electrons. The van der Waals surface area contributed by atoms with Gasteiger partial charge in [0.25, 0.3) is 5.67 Å². The molecule has 2 aromatic carbocycles. The zero-order chi connectivity index (χ0) is 20.8. The zero-order valence-corrected chi connectivity index (χ0v) is 18.3. The van der Waals surface area contributed by atoms with E-state index in [9.17, 15) is 13.6 Å². The molecule has 3 atom stereocenters. The lowest BCUT2D eigenvalue weighted by molar-refractivity contribution is -0.926. The summed E-state index contributed by atoms with van der Waals surface area (Å²) >= 11 is 0. The average molecular weight is 482 g/mol. The molecule has 0 aliphatic carbocycles. The lowest BCUT2D eigenvalue weighted by Crippen LogP contribution is -3.00. The highest BCUT2D eigenvalue weighted by molar-refractivity contribution is 5.85. The van der Waals surface area contributed by atoms with Crippen LogP contribution < -0.4 is 17.0 Å². The van der Waals surface area contributed by atoms with Gasteiger partial charge in [-0.3, -0.25) is 0 Å². The van der Waals surface area contributed by atoms with Gasteiger partial charge in [-0.25, -0.2) is 18.0 Å². The van der Waals surface area contributed by atoms with Crippen LogP contribution in [0.15, 0.2) is 60.7 Å². The Labute approximate surface area is 184 Å². The highest BCUT2D eigenvalue weighted by Crippen LogP contribution is 2.40. The zero-order valence-electron chi connectivity index (χ0n) is 16.7. The van der Waals surface area contributed by atoms with Crippen molar-refractivity contribution >= 4 is 5.97 Å². The van der Waals surface area contributed by atoms with Crippen LogP contribution >= 0.6 is 0 Å². The molecule has 30 heavy (non-hydrogen) atoms. The Morgan fingerprint density at radius 2 is 1.30 bits per heavy atom. The molecule has 7 heteroatoms. The summed E-state index contributed by atoms with van der Waals surface area (Å²) < 4.78 is 49.5. The van der Waals surface area contributed by atoms with E-state index in [0.717, 1.165) is 28.7 Å². The highest BCUT2D eigenvalue weighted by Gasteiger charge is 2.50. The molecule has 160 valence electrons. The summed E-state index contributed by atoms with van der Waals surface area (Å²) in [6.07, 6.45) is 5.04. The lowest BCUT2D eigenvalue weighted by atomic mass is 9.87. The Morgan fingerprint density at radius 3 is 1.70 bits per heavy atom. The first-order chi connectivity index (χ1) is 13.7. The number of likely N-dealkylation sites (N-methyl/N-ethyl adjacent to an activating group) is 1. The first-order valence-electron chi connectivity index (χ1n) is 9.65. The molecule has 2 aromatic rings. The third-order valence-corrected chi connectivity index (χ3v) is 6.31. The van der Waals surface area contributed by atoms with Gasteiger partial charge < -0.3 is 26.2 Å². The van der Waals surface area contributed by atoms with Crippen molar-refractivity contribution in [3.63, 3.8) is 0 Å². The van der Waals surface area contributed by atoms with Gasteiger partial charge in [-0.15, -0.1) is 0 Å². The maximum absolute atomic E-state index is 16.3. The predicted molar refractivity (Wildman–Crippen MR) is 103 cm³/mol. The minimum Gasteiger partial charge on any atom is -1.00 e. The second-order valence-electron chi connectivity index (χ2n) is 8.32. The van der Waals surface area contributed by atoms with Crippen LogP contribution in [0.4, 0.5) is 13.2 Å². The van der Waals surface area contributed by atoms with Crippen LogP contribution in [-0.4, -0.2) is 42.7 Å². The number of quaternary nitrogens is 1. The minimum absolute atomic E-state index is 0. The van der Waals surface area contributed by atoms with E-state index in [2.05, 4.69) is 26.2 Å². The lowest BCUT2D eigenvalue weighted by Gasteiger charge is -2.44. The number of alkyl halides is 1. The summed E-state index contributed by atoms with van der Waals surface area (Å²) in [7, 11) is 4.26. The van der Waals surface area contributed by atoms with Crippen LogP contribution in [0.1, 0.15) is 24.0 Å². The van der Waals surface area contributed by atoms with Gasteiger partial charge in [-0.1, -0.05) is 24.3 Å². The normalized spacial score (nSPS) is 24.2. The fraction of sp³-hybridized carbons (Fsp3) is 0.348. The number of rotatable bonds is 4. The minimum atomic E-state index is -2.66. The molecule has 3 nitrogen and oxygen atoms in total. The van der Waals surface area contributed by atoms with E-state index in [1.165, 1.54) is 24.3 Å². The number of benzene rings is 2. The maximum Gasteiger partial charge on any atom is 0.353 e. The van der Waals surface area contributed by atoms with Crippen molar-refractivity contribution in [1.29, 1.82) is 0 Å². The number of piperidine rings is 1. The van der Waals surface area contributed by atoms with Crippen molar-refractivity contribution < 1.29 is 44.2 Å². The van der Waals surface area contributed by atoms with Crippen LogP contribution in [0.25, 0.3) is 0 Å². The number of carbonyl (C=O) groups is 1. The monoisotopic (exact) mass is 481 g/mol. The van der Waals surface area contributed by atoms with Gasteiger partial charge in [0, 0.05) is 24.0 Å². The summed E-state index contributed by atoms with van der Waals surface area (Å²) in [4.78, 5) is 13.1. The number of hydrogen-bond acceptors (Lipinski definition) is 2. The van der Waals surface area contributed by atoms with Crippen molar-refractivity contribution in [2.24, 2.45) is 0 Å². The summed E-state index contributed by atoms with van der Waals surface area (Å²) in [5, 5.41) is 0. The average Bonchev–Trinajstić information content (AvgIpc) is 2.85. The topological polar surface area (TPSA) is 26.3 Å². The van der Waals surface area contributed by atoms with E-state index in [4.69, 9.17) is 4.74 Å². The van der Waals surface area contributed by atoms with Gasteiger partial charge >= 0.3 is 5.97 Å². The number of ether oxygens (including phenoxy) is 1.